The lowest BCUT2D eigenvalue weighted by atomic mass is 10.3. The topological polar surface area (TPSA) is 64.3 Å². The van der Waals surface area contributed by atoms with Gasteiger partial charge >= 0.3 is 12.0 Å². The lowest BCUT2D eigenvalue weighted by Gasteiger charge is -2.15. The predicted octanol–water partition coefficient (Wildman–Crippen LogP) is 1.25. The summed E-state index contributed by atoms with van der Waals surface area (Å²) in [6, 6.07) is 5.82. The second-order valence-corrected chi connectivity index (χ2v) is 3.79. The van der Waals surface area contributed by atoms with Gasteiger partial charge in [0, 0.05) is 3.57 Å². The minimum Gasteiger partial charge on any atom is -0.425 e. The van der Waals surface area contributed by atoms with Gasteiger partial charge in [-0.05, 0) is 46.9 Å². The van der Waals surface area contributed by atoms with Crippen molar-refractivity contribution in [3.63, 3.8) is 0 Å². The summed E-state index contributed by atoms with van der Waals surface area (Å²) in [6.07, 6.45) is -3.97. The molecule has 15 heavy (non-hydrogen) atoms. The van der Waals surface area contributed by atoms with E-state index in [4.69, 9.17) is 0 Å². The molecule has 0 aromatic heterocycles. The number of hydrogen-bond donors (Lipinski definition) is 2. The summed E-state index contributed by atoms with van der Waals surface area (Å²) in [5, 5.41) is 0. The zero-order chi connectivity index (χ0) is 11.5. The van der Waals surface area contributed by atoms with E-state index in [1.807, 2.05) is 22.6 Å². The van der Waals surface area contributed by atoms with Crippen LogP contribution < -0.4 is 16.0 Å². The molecule has 1 amide bonds. The molecule has 4 nitrogen and oxygen atoms in total. The lowest BCUT2D eigenvalue weighted by molar-refractivity contribution is -0.192. The molecule has 1 aromatic carbocycles. The smallest absolute Gasteiger partial charge is 0.425 e. The molecular formula is C8H7F2IN2O2. The molecule has 0 saturated heterocycles. The fraction of sp³-hybridized carbons (Fsp3) is 0.125. The third-order valence-corrected chi connectivity index (χ3v) is 2.17. The Bertz CT molecular complexity index is 356. The summed E-state index contributed by atoms with van der Waals surface area (Å²) in [6.45, 7) is 0. The van der Waals surface area contributed by atoms with Crippen molar-refractivity contribution in [2.45, 2.75) is 6.11 Å². The van der Waals surface area contributed by atoms with Gasteiger partial charge in [0.15, 0.2) is 0 Å². The molecular weight excluding hydrogens is 321 g/mol. The summed E-state index contributed by atoms with van der Waals surface area (Å²) in [5.74, 6) is 2.77. The number of hydrogen-bond acceptors (Lipinski definition) is 3. The fourth-order valence-corrected chi connectivity index (χ4v) is 1.14. The van der Waals surface area contributed by atoms with Crippen LogP contribution in [0.4, 0.5) is 8.78 Å². The minimum atomic E-state index is -3.97. The van der Waals surface area contributed by atoms with E-state index in [9.17, 15) is 13.6 Å². The van der Waals surface area contributed by atoms with Gasteiger partial charge in [-0.3, -0.25) is 10.2 Å². The second kappa shape index (κ2) is 4.71. The Kier molecular flexibility index (Phi) is 3.80. The third-order valence-electron chi connectivity index (χ3n) is 1.46. The quantitative estimate of drug-likeness (QED) is 0.380. The van der Waals surface area contributed by atoms with Gasteiger partial charge < -0.3 is 4.74 Å². The van der Waals surface area contributed by atoms with Gasteiger partial charge in [0.1, 0.15) is 5.75 Å². The van der Waals surface area contributed by atoms with Crippen molar-refractivity contribution in [1.82, 2.24) is 5.43 Å². The van der Waals surface area contributed by atoms with E-state index in [2.05, 4.69) is 10.6 Å². The Morgan fingerprint density at radius 2 is 1.93 bits per heavy atom. The van der Waals surface area contributed by atoms with Crippen LogP contribution in [-0.2, 0) is 4.79 Å². The number of nitrogens with two attached hydrogens (primary N) is 1. The zero-order valence-corrected chi connectivity index (χ0v) is 9.49. The molecule has 82 valence electrons. The molecule has 0 aliphatic rings. The Labute approximate surface area is 97.9 Å². The van der Waals surface area contributed by atoms with Crippen LogP contribution >= 0.6 is 22.6 Å². The van der Waals surface area contributed by atoms with Crippen molar-refractivity contribution < 1.29 is 18.3 Å². The molecule has 0 atom stereocenters. The number of ether oxygens (including phenoxy) is 1. The molecule has 0 aliphatic heterocycles. The fourth-order valence-electron chi connectivity index (χ4n) is 0.781. The number of carbonyl (C=O) groups is 1. The first-order chi connectivity index (χ1) is 6.95. The van der Waals surface area contributed by atoms with E-state index in [1.165, 1.54) is 17.6 Å². The van der Waals surface area contributed by atoms with E-state index in [1.54, 1.807) is 12.1 Å². The zero-order valence-electron chi connectivity index (χ0n) is 7.34. The number of halogens is 3. The lowest BCUT2D eigenvalue weighted by Crippen LogP contribution is -2.47. The SMILES string of the molecule is NNC(=O)C(F)(F)Oc1ccc(I)cc1. The maximum Gasteiger partial charge on any atom is 0.483 e. The van der Waals surface area contributed by atoms with Gasteiger partial charge in [0.2, 0.25) is 0 Å². The molecule has 0 heterocycles. The average Bonchev–Trinajstić information content (AvgIpc) is 2.20. The molecule has 1 aromatic rings. The monoisotopic (exact) mass is 328 g/mol. The molecule has 0 radical (unpaired) electrons. The van der Waals surface area contributed by atoms with Crippen molar-refractivity contribution in [2.24, 2.45) is 5.84 Å². The first-order valence-corrected chi connectivity index (χ1v) is 4.87. The van der Waals surface area contributed by atoms with Gasteiger partial charge in [-0.1, -0.05) is 0 Å². The van der Waals surface area contributed by atoms with Crippen LogP contribution in [0, 0.1) is 3.57 Å². The maximum atomic E-state index is 12.9. The molecule has 0 saturated carbocycles. The van der Waals surface area contributed by atoms with Gasteiger partial charge in [-0.2, -0.15) is 8.78 Å². The molecule has 1 rings (SSSR count). The minimum absolute atomic E-state index is 0.107. The molecule has 0 unspecified atom stereocenters. The summed E-state index contributed by atoms with van der Waals surface area (Å²) in [5.41, 5.74) is 1.32. The van der Waals surface area contributed by atoms with Crippen molar-refractivity contribution in [2.75, 3.05) is 0 Å². The summed E-state index contributed by atoms with van der Waals surface area (Å²) in [4.78, 5) is 10.6. The van der Waals surface area contributed by atoms with Crippen LogP contribution in [0.25, 0.3) is 0 Å². The molecule has 0 fully saturated rings. The van der Waals surface area contributed by atoms with Gasteiger partial charge in [-0.25, -0.2) is 5.84 Å². The second-order valence-electron chi connectivity index (χ2n) is 2.55. The number of carbonyl (C=O) groups excluding carboxylic acids is 1. The number of benzene rings is 1. The molecule has 0 spiro atoms. The van der Waals surface area contributed by atoms with Crippen LogP contribution in [0.5, 0.6) is 5.75 Å². The molecule has 3 N–H and O–H groups in total. The van der Waals surface area contributed by atoms with E-state index in [0.717, 1.165) is 3.57 Å². The van der Waals surface area contributed by atoms with E-state index >= 15 is 0 Å². The van der Waals surface area contributed by atoms with Crippen LogP contribution in [-0.4, -0.2) is 12.0 Å². The van der Waals surface area contributed by atoms with E-state index in [-0.39, 0.29) is 5.75 Å². The average molecular weight is 328 g/mol. The van der Waals surface area contributed by atoms with E-state index < -0.39 is 12.0 Å². The Hall–Kier alpha value is -0.960. The van der Waals surface area contributed by atoms with Gasteiger partial charge in [-0.15, -0.1) is 0 Å². The van der Waals surface area contributed by atoms with Crippen molar-refractivity contribution in [1.29, 1.82) is 0 Å². The first-order valence-electron chi connectivity index (χ1n) is 3.79. The van der Waals surface area contributed by atoms with Crippen molar-refractivity contribution in [3.05, 3.63) is 27.8 Å². The van der Waals surface area contributed by atoms with Crippen LogP contribution in [0.2, 0.25) is 0 Å². The first kappa shape index (κ1) is 12.1. The van der Waals surface area contributed by atoms with Crippen LogP contribution in [0.15, 0.2) is 24.3 Å². The highest BCUT2D eigenvalue weighted by atomic mass is 127. The Morgan fingerprint density at radius 1 is 1.40 bits per heavy atom. The van der Waals surface area contributed by atoms with Crippen molar-refractivity contribution in [3.8, 4) is 5.75 Å². The number of nitrogens with one attached hydrogen (secondary N) is 1. The predicted molar refractivity (Wildman–Crippen MR) is 57.1 cm³/mol. The normalized spacial score (nSPS) is 10.9. The highest BCUT2D eigenvalue weighted by molar-refractivity contribution is 14.1. The summed E-state index contributed by atoms with van der Waals surface area (Å²) >= 11 is 2.01. The van der Waals surface area contributed by atoms with Crippen LogP contribution in [0.1, 0.15) is 0 Å². The maximum absolute atomic E-state index is 12.9. The number of alkyl halides is 2. The van der Waals surface area contributed by atoms with E-state index in [0.29, 0.717) is 0 Å². The molecule has 7 heteroatoms. The number of hydrazine groups is 1. The highest BCUT2D eigenvalue weighted by Gasteiger charge is 2.41. The summed E-state index contributed by atoms with van der Waals surface area (Å²) < 4.78 is 30.8. The van der Waals surface area contributed by atoms with Gasteiger partial charge in [0.25, 0.3) is 0 Å². The van der Waals surface area contributed by atoms with Crippen LogP contribution in [0.3, 0.4) is 0 Å². The van der Waals surface area contributed by atoms with Gasteiger partial charge in [0.05, 0.1) is 0 Å². The molecule has 0 bridgehead atoms. The standard InChI is InChI=1S/C8H7F2IN2O2/c9-8(10,7(14)13-12)15-6-3-1-5(11)2-4-6/h1-4H,12H2,(H,13,14). The highest BCUT2D eigenvalue weighted by Crippen LogP contribution is 2.22. The third kappa shape index (κ3) is 3.27. The Morgan fingerprint density at radius 3 is 2.40 bits per heavy atom. The molecule has 0 aliphatic carbocycles. The largest absolute Gasteiger partial charge is 0.483 e. The summed E-state index contributed by atoms with van der Waals surface area (Å²) in [7, 11) is 0. The number of rotatable bonds is 3. The van der Waals surface area contributed by atoms with Crippen molar-refractivity contribution >= 4 is 28.5 Å². The Balaban J connectivity index is 2.77. The number of amides is 1.